The van der Waals surface area contributed by atoms with E-state index in [1.807, 2.05) is 18.2 Å². The lowest BCUT2D eigenvalue weighted by Crippen LogP contribution is -2.20. The van der Waals surface area contributed by atoms with E-state index in [0.29, 0.717) is 0 Å². The van der Waals surface area contributed by atoms with Crippen LogP contribution in [0.15, 0.2) is 42.6 Å². The first kappa shape index (κ1) is 12.9. The number of rotatable bonds is 5. The van der Waals surface area contributed by atoms with Crippen molar-refractivity contribution in [2.75, 3.05) is 0 Å². The molecule has 3 rings (SSSR count). The number of aryl methyl sites for hydroxylation is 1. The summed E-state index contributed by atoms with van der Waals surface area (Å²) >= 11 is 0. The number of aromatic nitrogens is 3. The first-order valence-electron chi connectivity index (χ1n) is 7.10. The molecule has 4 nitrogen and oxygen atoms in total. The van der Waals surface area contributed by atoms with Gasteiger partial charge in [-0.15, -0.1) is 0 Å². The van der Waals surface area contributed by atoms with Gasteiger partial charge < -0.3 is 14.9 Å². The van der Waals surface area contributed by atoms with Crippen LogP contribution in [0, 0.1) is 0 Å². The molecule has 0 saturated carbocycles. The summed E-state index contributed by atoms with van der Waals surface area (Å²) in [6.45, 7) is 6.14. The van der Waals surface area contributed by atoms with Crippen molar-refractivity contribution >= 4 is 11.0 Å². The van der Waals surface area contributed by atoms with Crippen molar-refractivity contribution in [2.45, 2.75) is 33.0 Å². The van der Waals surface area contributed by atoms with Gasteiger partial charge >= 0.3 is 0 Å². The predicted molar refractivity (Wildman–Crippen MR) is 81.5 cm³/mol. The lowest BCUT2D eigenvalue weighted by molar-refractivity contribution is 0.532. The fourth-order valence-corrected chi connectivity index (χ4v) is 2.45. The average molecular weight is 268 g/mol. The maximum absolute atomic E-state index is 4.63. The van der Waals surface area contributed by atoms with Gasteiger partial charge in [-0.2, -0.15) is 0 Å². The second-order valence-electron chi connectivity index (χ2n) is 5.03. The molecule has 0 spiro atoms. The first-order valence-corrected chi connectivity index (χ1v) is 7.10. The van der Waals surface area contributed by atoms with Crippen LogP contribution in [0.5, 0.6) is 0 Å². The molecule has 4 heteroatoms. The smallest absolute Gasteiger partial charge is 0.124 e. The Labute approximate surface area is 118 Å². The Hall–Kier alpha value is -2.07. The summed E-state index contributed by atoms with van der Waals surface area (Å²) in [5.74, 6) is 0.987. The van der Waals surface area contributed by atoms with E-state index in [-0.39, 0.29) is 6.04 Å². The van der Waals surface area contributed by atoms with Crippen molar-refractivity contribution in [3.63, 3.8) is 0 Å². The van der Waals surface area contributed by atoms with Crippen LogP contribution in [0.3, 0.4) is 0 Å². The molecule has 0 aliphatic carbocycles. The van der Waals surface area contributed by atoms with E-state index >= 15 is 0 Å². The number of imidazole rings is 1. The van der Waals surface area contributed by atoms with E-state index in [4.69, 9.17) is 0 Å². The van der Waals surface area contributed by atoms with Crippen LogP contribution < -0.4 is 5.32 Å². The minimum absolute atomic E-state index is 0.197. The van der Waals surface area contributed by atoms with Gasteiger partial charge in [-0.1, -0.05) is 12.1 Å². The highest BCUT2D eigenvalue weighted by molar-refractivity contribution is 5.74. The highest BCUT2D eigenvalue weighted by Crippen LogP contribution is 2.16. The molecule has 1 atom stereocenters. The first-order chi connectivity index (χ1) is 9.78. The molecule has 0 radical (unpaired) electrons. The quantitative estimate of drug-likeness (QED) is 0.746. The summed E-state index contributed by atoms with van der Waals surface area (Å²) in [6.07, 6.45) is 2.11. The van der Waals surface area contributed by atoms with Crippen LogP contribution in [-0.4, -0.2) is 14.5 Å². The van der Waals surface area contributed by atoms with E-state index in [1.54, 1.807) is 0 Å². The number of aromatic amines is 1. The number of hydrogen-bond acceptors (Lipinski definition) is 2. The third kappa shape index (κ3) is 2.47. The molecule has 0 saturated heterocycles. The van der Waals surface area contributed by atoms with Gasteiger partial charge in [0.05, 0.1) is 17.1 Å². The summed E-state index contributed by atoms with van der Waals surface area (Å²) < 4.78 is 2.25. The Morgan fingerprint density at radius 3 is 2.90 bits per heavy atom. The number of benzene rings is 1. The van der Waals surface area contributed by atoms with Crippen LogP contribution in [0.1, 0.15) is 31.4 Å². The molecule has 1 aromatic carbocycles. The normalized spacial score (nSPS) is 12.9. The van der Waals surface area contributed by atoms with E-state index in [9.17, 15) is 0 Å². The summed E-state index contributed by atoms with van der Waals surface area (Å²) in [4.78, 5) is 8.00. The van der Waals surface area contributed by atoms with Gasteiger partial charge in [0.15, 0.2) is 0 Å². The van der Waals surface area contributed by atoms with Crippen molar-refractivity contribution in [3.8, 4) is 0 Å². The zero-order valence-electron chi connectivity index (χ0n) is 11.9. The maximum Gasteiger partial charge on any atom is 0.124 e. The molecule has 0 amide bonds. The summed E-state index contributed by atoms with van der Waals surface area (Å²) in [7, 11) is 0. The monoisotopic (exact) mass is 268 g/mol. The Morgan fingerprint density at radius 2 is 2.10 bits per heavy atom. The molecule has 2 N–H and O–H groups in total. The molecule has 0 fully saturated rings. The molecule has 0 bridgehead atoms. The van der Waals surface area contributed by atoms with Crippen LogP contribution >= 0.6 is 0 Å². The van der Waals surface area contributed by atoms with Crippen molar-refractivity contribution in [2.24, 2.45) is 0 Å². The molecular weight excluding hydrogens is 248 g/mol. The second-order valence-corrected chi connectivity index (χ2v) is 5.03. The van der Waals surface area contributed by atoms with Crippen LogP contribution in [-0.2, 0) is 13.1 Å². The number of H-pyrrole nitrogens is 1. The highest BCUT2D eigenvalue weighted by atomic mass is 15.0. The second kappa shape index (κ2) is 5.51. The Balaban J connectivity index is 1.71. The topological polar surface area (TPSA) is 45.6 Å². The average Bonchev–Trinajstić information content (AvgIpc) is 3.10. The van der Waals surface area contributed by atoms with E-state index in [1.165, 1.54) is 5.69 Å². The van der Waals surface area contributed by atoms with Crippen molar-refractivity contribution in [1.82, 2.24) is 19.9 Å². The molecule has 0 aliphatic rings. The molecule has 0 aliphatic heterocycles. The van der Waals surface area contributed by atoms with Crippen molar-refractivity contribution in [1.29, 1.82) is 0 Å². The zero-order valence-corrected chi connectivity index (χ0v) is 11.9. The highest BCUT2D eigenvalue weighted by Gasteiger charge is 2.10. The third-order valence-corrected chi connectivity index (χ3v) is 3.67. The molecule has 104 valence electrons. The standard InChI is InChI=1S/C16H20N4/c1-3-20-10-6-7-13(20)11-17-12(2)16-18-14-8-4-5-9-15(14)19-16/h4-10,12,17H,3,11H2,1-2H3,(H,18,19). The molecule has 3 aromatic rings. The lowest BCUT2D eigenvalue weighted by Gasteiger charge is -2.12. The predicted octanol–water partition coefficient (Wildman–Crippen LogP) is 3.24. The Morgan fingerprint density at radius 1 is 1.25 bits per heavy atom. The van der Waals surface area contributed by atoms with Crippen LogP contribution in [0.4, 0.5) is 0 Å². The Bertz CT molecular complexity index is 662. The summed E-state index contributed by atoms with van der Waals surface area (Å²) in [5, 5.41) is 3.52. The molecule has 2 aromatic heterocycles. The number of para-hydroxylation sites is 2. The number of fused-ring (bicyclic) bond motifs is 1. The number of nitrogens with one attached hydrogen (secondary N) is 2. The van der Waals surface area contributed by atoms with Gasteiger partial charge in [0.25, 0.3) is 0 Å². The van der Waals surface area contributed by atoms with Gasteiger partial charge in [-0.05, 0) is 38.1 Å². The molecular formula is C16H20N4. The minimum atomic E-state index is 0.197. The van der Waals surface area contributed by atoms with Gasteiger partial charge in [0, 0.05) is 25.0 Å². The Kier molecular flexibility index (Phi) is 3.56. The van der Waals surface area contributed by atoms with Crippen LogP contribution in [0.2, 0.25) is 0 Å². The number of nitrogens with zero attached hydrogens (tertiary/aromatic N) is 2. The van der Waals surface area contributed by atoms with Gasteiger partial charge in [0.1, 0.15) is 5.82 Å². The third-order valence-electron chi connectivity index (χ3n) is 3.67. The maximum atomic E-state index is 4.63. The molecule has 1 unspecified atom stereocenters. The minimum Gasteiger partial charge on any atom is -0.351 e. The van der Waals surface area contributed by atoms with E-state index in [0.717, 1.165) is 29.9 Å². The zero-order chi connectivity index (χ0) is 13.9. The lowest BCUT2D eigenvalue weighted by atomic mass is 10.3. The van der Waals surface area contributed by atoms with Gasteiger partial charge in [0.2, 0.25) is 0 Å². The van der Waals surface area contributed by atoms with E-state index < -0.39 is 0 Å². The van der Waals surface area contributed by atoms with Crippen molar-refractivity contribution in [3.05, 3.63) is 54.1 Å². The largest absolute Gasteiger partial charge is 0.351 e. The van der Waals surface area contributed by atoms with E-state index in [2.05, 4.69) is 58.1 Å². The number of hydrogen-bond donors (Lipinski definition) is 2. The van der Waals surface area contributed by atoms with Crippen LogP contribution in [0.25, 0.3) is 11.0 Å². The SMILES string of the molecule is CCn1cccc1CNC(C)c1nc2ccccc2[nH]1. The van der Waals surface area contributed by atoms with Gasteiger partial charge in [-0.3, -0.25) is 0 Å². The summed E-state index contributed by atoms with van der Waals surface area (Å²) in [5.41, 5.74) is 3.41. The van der Waals surface area contributed by atoms with Gasteiger partial charge in [-0.25, -0.2) is 4.98 Å². The summed E-state index contributed by atoms with van der Waals surface area (Å²) in [6, 6.07) is 12.6. The molecule has 2 heterocycles. The molecule has 20 heavy (non-hydrogen) atoms. The van der Waals surface area contributed by atoms with Crippen molar-refractivity contribution < 1.29 is 0 Å². The fourth-order valence-electron chi connectivity index (χ4n) is 2.45. The fraction of sp³-hybridized carbons (Fsp3) is 0.312.